The molecule has 0 aliphatic heterocycles. The second-order valence-corrected chi connectivity index (χ2v) is 7.88. The standard InChI is InChI=1S/C22H25Cl3N2O3/c1-3-12-26-22(29)19(4-2)27(13-15-16(23)9-7-10-17(15)24)21(28)14-30-20-11-6-5-8-18(20)25/h5-11,19H,3-4,12-14H2,1-2H3,(H,26,29). The Morgan fingerprint density at radius 2 is 1.63 bits per heavy atom. The highest BCUT2D eigenvalue weighted by Crippen LogP contribution is 2.27. The molecule has 0 spiro atoms. The maximum absolute atomic E-state index is 13.1. The van der Waals surface area contributed by atoms with E-state index in [0.717, 1.165) is 6.42 Å². The lowest BCUT2D eigenvalue weighted by Gasteiger charge is -2.31. The molecule has 2 aromatic rings. The molecule has 0 heterocycles. The first-order chi connectivity index (χ1) is 14.4. The van der Waals surface area contributed by atoms with Gasteiger partial charge in [-0.2, -0.15) is 0 Å². The fourth-order valence-electron chi connectivity index (χ4n) is 2.92. The number of ether oxygens (including phenoxy) is 1. The van der Waals surface area contributed by atoms with Crippen molar-refractivity contribution in [2.75, 3.05) is 13.2 Å². The minimum absolute atomic E-state index is 0.0846. The lowest BCUT2D eigenvalue weighted by atomic mass is 10.1. The number of nitrogens with one attached hydrogen (secondary N) is 1. The molecule has 5 nitrogen and oxygen atoms in total. The number of para-hydroxylation sites is 1. The largest absolute Gasteiger partial charge is 0.482 e. The summed E-state index contributed by atoms with van der Waals surface area (Å²) >= 11 is 18.7. The van der Waals surface area contributed by atoms with Crippen LogP contribution in [0.25, 0.3) is 0 Å². The second-order valence-electron chi connectivity index (χ2n) is 6.66. The number of carbonyl (C=O) groups is 2. The van der Waals surface area contributed by atoms with Gasteiger partial charge >= 0.3 is 0 Å². The van der Waals surface area contributed by atoms with Crippen molar-refractivity contribution in [3.05, 3.63) is 63.1 Å². The Morgan fingerprint density at radius 3 is 2.23 bits per heavy atom. The molecule has 162 valence electrons. The number of benzene rings is 2. The molecule has 1 N–H and O–H groups in total. The van der Waals surface area contributed by atoms with Crippen LogP contribution in [0.4, 0.5) is 0 Å². The van der Waals surface area contributed by atoms with Crippen molar-refractivity contribution in [3.63, 3.8) is 0 Å². The van der Waals surface area contributed by atoms with E-state index in [2.05, 4.69) is 5.32 Å². The SMILES string of the molecule is CCCNC(=O)C(CC)N(Cc1c(Cl)cccc1Cl)C(=O)COc1ccccc1Cl. The topological polar surface area (TPSA) is 58.6 Å². The minimum Gasteiger partial charge on any atom is -0.482 e. The third kappa shape index (κ3) is 6.53. The monoisotopic (exact) mass is 470 g/mol. The van der Waals surface area contributed by atoms with Crippen LogP contribution in [0.1, 0.15) is 32.3 Å². The predicted octanol–water partition coefficient (Wildman–Crippen LogP) is 5.36. The molecule has 0 fully saturated rings. The van der Waals surface area contributed by atoms with Crippen LogP contribution in [0, 0.1) is 0 Å². The number of amides is 2. The lowest BCUT2D eigenvalue weighted by molar-refractivity contribution is -0.143. The zero-order chi connectivity index (χ0) is 22.1. The smallest absolute Gasteiger partial charge is 0.261 e. The van der Waals surface area contributed by atoms with E-state index >= 15 is 0 Å². The van der Waals surface area contributed by atoms with Crippen LogP contribution in [0.5, 0.6) is 5.75 Å². The van der Waals surface area contributed by atoms with Crippen LogP contribution in [0.3, 0.4) is 0 Å². The summed E-state index contributed by atoms with van der Waals surface area (Å²) in [7, 11) is 0. The molecule has 2 aromatic carbocycles. The fourth-order valence-corrected chi connectivity index (χ4v) is 3.63. The Kier molecular flexibility index (Phi) is 9.76. The Bertz CT molecular complexity index is 856. The molecule has 0 bridgehead atoms. The average Bonchev–Trinajstić information content (AvgIpc) is 2.73. The molecular weight excluding hydrogens is 447 g/mol. The number of halogens is 3. The maximum atomic E-state index is 13.1. The summed E-state index contributed by atoms with van der Waals surface area (Å²) in [5, 5.41) is 4.11. The van der Waals surface area contributed by atoms with Gasteiger partial charge in [0.1, 0.15) is 11.8 Å². The van der Waals surface area contributed by atoms with Crippen LogP contribution < -0.4 is 10.1 Å². The lowest BCUT2D eigenvalue weighted by Crippen LogP contribution is -2.50. The highest BCUT2D eigenvalue weighted by atomic mass is 35.5. The summed E-state index contributed by atoms with van der Waals surface area (Å²) in [4.78, 5) is 27.3. The molecule has 1 atom stereocenters. The molecule has 0 aromatic heterocycles. The third-order valence-electron chi connectivity index (χ3n) is 4.51. The molecule has 2 amide bonds. The van der Waals surface area contributed by atoms with Crippen molar-refractivity contribution in [2.45, 2.75) is 39.3 Å². The summed E-state index contributed by atoms with van der Waals surface area (Å²) in [6.07, 6.45) is 1.22. The molecule has 8 heteroatoms. The van der Waals surface area contributed by atoms with E-state index in [1.54, 1.807) is 42.5 Å². The van der Waals surface area contributed by atoms with Crippen molar-refractivity contribution in [3.8, 4) is 5.75 Å². The summed E-state index contributed by atoms with van der Waals surface area (Å²) in [5.41, 5.74) is 0.577. The number of carbonyl (C=O) groups excluding carboxylic acids is 2. The molecule has 0 saturated carbocycles. The normalized spacial score (nSPS) is 11.6. The van der Waals surface area contributed by atoms with Gasteiger partial charge in [0, 0.05) is 28.7 Å². The highest BCUT2D eigenvalue weighted by Gasteiger charge is 2.30. The van der Waals surface area contributed by atoms with Gasteiger partial charge < -0.3 is 15.0 Å². The average molecular weight is 472 g/mol. The molecule has 1 unspecified atom stereocenters. The minimum atomic E-state index is -0.689. The van der Waals surface area contributed by atoms with E-state index in [0.29, 0.717) is 39.3 Å². The van der Waals surface area contributed by atoms with Gasteiger partial charge in [-0.3, -0.25) is 9.59 Å². The number of nitrogens with zero attached hydrogens (tertiary/aromatic N) is 1. The van der Waals surface area contributed by atoms with E-state index in [1.807, 2.05) is 13.8 Å². The van der Waals surface area contributed by atoms with E-state index < -0.39 is 6.04 Å². The Hall–Kier alpha value is -1.95. The first-order valence-corrected chi connectivity index (χ1v) is 10.9. The highest BCUT2D eigenvalue weighted by molar-refractivity contribution is 6.36. The van der Waals surface area contributed by atoms with Crippen molar-refractivity contribution >= 4 is 46.6 Å². The van der Waals surface area contributed by atoms with Gasteiger partial charge in [-0.05, 0) is 37.1 Å². The van der Waals surface area contributed by atoms with Crippen molar-refractivity contribution < 1.29 is 14.3 Å². The first kappa shape index (κ1) is 24.3. The summed E-state index contributed by atoms with van der Waals surface area (Å²) in [5.74, 6) is -0.204. The molecular formula is C22H25Cl3N2O3. The van der Waals surface area contributed by atoms with Crippen molar-refractivity contribution in [1.82, 2.24) is 10.2 Å². The predicted molar refractivity (Wildman–Crippen MR) is 121 cm³/mol. The van der Waals surface area contributed by atoms with Gasteiger partial charge in [0.05, 0.1) is 5.02 Å². The van der Waals surface area contributed by atoms with Gasteiger partial charge in [0.15, 0.2) is 6.61 Å². The Morgan fingerprint density at radius 1 is 1.00 bits per heavy atom. The quantitative estimate of drug-likeness (QED) is 0.507. The fraction of sp³-hybridized carbons (Fsp3) is 0.364. The Labute approximate surface area is 192 Å². The van der Waals surface area contributed by atoms with Gasteiger partial charge in [-0.25, -0.2) is 0 Å². The molecule has 2 rings (SSSR count). The van der Waals surface area contributed by atoms with Gasteiger partial charge in [0.2, 0.25) is 5.91 Å². The van der Waals surface area contributed by atoms with Gasteiger partial charge in [-0.1, -0.05) is 66.8 Å². The van der Waals surface area contributed by atoms with Gasteiger partial charge in [0.25, 0.3) is 5.91 Å². The van der Waals surface area contributed by atoms with E-state index in [9.17, 15) is 9.59 Å². The molecule has 0 aliphatic carbocycles. The first-order valence-electron chi connectivity index (χ1n) is 9.76. The summed E-state index contributed by atoms with van der Waals surface area (Å²) in [6, 6.07) is 11.3. The van der Waals surface area contributed by atoms with E-state index in [4.69, 9.17) is 39.5 Å². The van der Waals surface area contributed by atoms with Crippen LogP contribution in [0.15, 0.2) is 42.5 Å². The summed E-state index contributed by atoms with van der Waals surface area (Å²) in [6.45, 7) is 4.15. The molecule has 30 heavy (non-hydrogen) atoms. The summed E-state index contributed by atoms with van der Waals surface area (Å²) < 4.78 is 5.61. The third-order valence-corrected chi connectivity index (χ3v) is 5.53. The van der Waals surface area contributed by atoms with Gasteiger partial charge in [-0.15, -0.1) is 0 Å². The maximum Gasteiger partial charge on any atom is 0.261 e. The van der Waals surface area contributed by atoms with Crippen LogP contribution >= 0.6 is 34.8 Å². The van der Waals surface area contributed by atoms with Crippen molar-refractivity contribution in [2.24, 2.45) is 0 Å². The number of rotatable bonds is 10. The molecule has 0 saturated heterocycles. The van der Waals surface area contributed by atoms with E-state index in [-0.39, 0.29) is 25.0 Å². The Balaban J connectivity index is 2.27. The van der Waals surface area contributed by atoms with Crippen LogP contribution in [-0.2, 0) is 16.1 Å². The van der Waals surface area contributed by atoms with Crippen LogP contribution in [-0.4, -0.2) is 35.9 Å². The molecule has 0 aliphatic rings. The number of hydrogen-bond acceptors (Lipinski definition) is 3. The zero-order valence-electron chi connectivity index (χ0n) is 17.0. The zero-order valence-corrected chi connectivity index (χ0v) is 19.2. The second kappa shape index (κ2) is 12.0. The van der Waals surface area contributed by atoms with E-state index in [1.165, 1.54) is 4.90 Å². The molecule has 0 radical (unpaired) electrons. The van der Waals surface area contributed by atoms with Crippen LogP contribution in [0.2, 0.25) is 15.1 Å². The van der Waals surface area contributed by atoms with Crippen molar-refractivity contribution in [1.29, 1.82) is 0 Å². The number of hydrogen-bond donors (Lipinski definition) is 1.